The van der Waals surface area contributed by atoms with Gasteiger partial charge in [-0.05, 0) is 44.5 Å². The molecule has 3 nitrogen and oxygen atoms in total. The summed E-state index contributed by atoms with van der Waals surface area (Å²) >= 11 is 0. The van der Waals surface area contributed by atoms with E-state index in [0.29, 0.717) is 11.5 Å². The largest absolute Gasteiger partial charge is 0.519 e. The van der Waals surface area contributed by atoms with Crippen LogP contribution in [0.15, 0.2) is 42.5 Å². The summed E-state index contributed by atoms with van der Waals surface area (Å²) in [5.74, 6) is 0.989. The summed E-state index contributed by atoms with van der Waals surface area (Å²) in [5, 5.41) is 0. The third-order valence-corrected chi connectivity index (χ3v) is 2.75. The highest BCUT2D eigenvalue weighted by molar-refractivity contribution is 5.67. The Bertz CT molecular complexity index is 585. The molecule has 19 heavy (non-hydrogen) atoms. The van der Waals surface area contributed by atoms with E-state index in [4.69, 9.17) is 9.47 Å². The molecule has 0 amide bonds. The number of rotatable bonds is 2. The van der Waals surface area contributed by atoms with Crippen LogP contribution >= 0.6 is 0 Å². The van der Waals surface area contributed by atoms with Gasteiger partial charge < -0.3 is 9.47 Å². The van der Waals surface area contributed by atoms with Crippen molar-refractivity contribution in [3.63, 3.8) is 0 Å². The summed E-state index contributed by atoms with van der Waals surface area (Å²) in [6.45, 7) is 5.85. The van der Waals surface area contributed by atoms with Crippen molar-refractivity contribution in [1.29, 1.82) is 0 Å². The van der Waals surface area contributed by atoms with E-state index in [1.54, 1.807) is 18.2 Å². The zero-order chi connectivity index (χ0) is 13.8. The summed E-state index contributed by atoms with van der Waals surface area (Å²) in [6.07, 6.45) is -0.726. The highest BCUT2D eigenvalue weighted by Crippen LogP contribution is 2.20. The first-order valence-electron chi connectivity index (χ1n) is 6.08. The molecular formula is C16H16O3. The minimum atomic E-state index is -0.726. The Balaban J connectivity index is 2.03. The Hall–Kier alpha value is -2.29. The molecule has 3 heteroatoms. The van der Waals surface area contributed by atoms with Gasteiger partial charge in [-0.3, -0.25) is 0 Å². The molecule has 0 unspecified atom stereocenters. The van der Waals surface area contributed by atoms with Gasteiger partial charge in [-0.25, -0.2) is 4.79 Å². The summed E-state index contributed by atoms with van der Waals surface area (Å²) in [6, 6.07) is 12.8. The van der Waals surface area contributed by atoms with Gasteiger partial charge >= 0.3 is 6.16 Å². The zero-order valence-electron chi connectivity index (χ0n) is 11.3. The Morgan fingerprint density at radius 3 is 2.11 bits per heavy atom. The van der Waals surface area contributed by atoms with Gasteiger partial charge in [-0.1, -0.05) is 35.4 Å². The van der Waals surface area contributed by atoms with Gasteiger partial charge in [-0.2, -0.15) is 0 Å². The minimum Gasteiger partial charge on any atom is -0.395 e. The predicted molar refractivity (Wildman–Crippen MR) is 73.7 cm³/mol. The number of hydrogen-bond acceptors (Lipinski definition) is 3. The number of aryl methyl sites for hydroxylation is 3. The number of benzene rings is 2. The zero-order valence-corrected chi connectivity index (χ0v) is 11.3. The van der Waals surface area contributed by atoms with Gasteiger partial charge in [0.05, 0.1) is 0 Å². The van der Waals surface area contributed by atoms with Crippen LogP contribution in [0.2, 0.25) is 0 Å². The van der Waals surface area contributed by atoms with Gasteiger partial charge in [0, 0.05) is 0 Å². The third kappa shape index (κ3) is 3.58. The van der Waals surface area contributed by atoms with E-state index in [2.05, 4.69) is 0 Å². The van der Waals surface area contributed by atoms with E-state index in [-0.39, 0.29) is 0 Å². The van der Waals surface area contributed by atoms with Gasteiger partial charge in [0.1, 0.15) is 11.5 Å². The fraction of sp³-hybridized carbons (Fsp3) is 0.188. The molecule has 0 aliphatic rings. The summed E-state index contributed by atoms with van der Waals surface area (Å²) < 4.78 is 10.3. The molecule has 0 aromatic heterocycles. The summed E-state index contributed by atoms with van der Waals surface area (Å²) in [7, 11) is 0. The second-order valence-corrected chi connectivity index (χ2v) is 4.54. The molecule has 0 aliphatic carbocycles. The molecule has 0 fully saturated rings. The number of hydrogen-bond donors (Lipinski definition) is 0. The smallest absolute Gasteiger partial charge is 0.395 e. The first-order valence-corrected chi connectivity index (χ1v) is 6.08. The SMILES string of the molecule is Cc1ccc(OC(=O)Oc2ccc(C)cc2C)cc1. The van der Waals surface area contributed by atoms with Gasteiger partial charge in [0.25, 0.3) is 0 Å². The van der Waals surface area contributed by atoms with Crippen LogP contribution in [0.4, 0.5) is 4.79 Å². The van der Waals surface area contributed by atoms with Crippen molar-refractivity contribution in [1.82, 2.24) is 0 Å². The molecule has 0 aliphatic heterocycles. The number of ether oxygens (including phenoxy) is 2. The first-order chi connectivity index (χ1) is 9.04. The van der Waals surface area contributed by atoms with Crippen LogP contribution in [-0.4, -0.2) is 6.16 Å². The van der Waals surface area contributed by atoms with Crippen molar-refractivity contribution in [2.24, 2.45) is 0 Å². The fourth-order valence-corrected chi connectivity index (χ4v) is 1.73. The summed E-state index contributed by atoms with van der Waals surface area (Å²) in [5.41, 5.74) is 3.13. The number of carbonyl (C=O) groups excluding carboxylic acids is 1. The van der Waals surface area contributed by atoms with Crippen molar-refractivity contribution >= 4 is 6.16 Å². The molecule has 2 aromatic rings. The van der Waals surface area contributed by atoms with Crippen LogP contribution in [0.3, 0.4) is 0 Å². The molecule has 0 N–H and O–H groups in total. The Labute approximate surface area is 112 Å². The van der Waals surface area contributed by atoms with Gasteiger partial charge in [0.15, 0.2) is 0 Å². The molecule has 0 radical (unpaired) electrons. The van der Waals surface area contributed by atoms with Crippen LogP contribution in [-0.2, 0) is 0 Å². The lowest BCUT2D eigenvalue weighted by Crippen LogP contribution is -2.14. The standard InChI is InChI=1S/C16H16O3/c1-11-4-7-14(8-5-11)18-16(17)19-15-9-6-12(2)10-13(15)3/h4-10H,1-3H3. The molecule has 0 saturated heterocycles. The van der Waals surface area contributed by atoms with E-state index in [9.17, 15) is 4.79 Å². The van der Waals surface area contributed by atoms with Crippen molar-refractivity contribution in [3.8, 4) is 11.5 Å². The van der Waals surface area contributed by atoms with Crippen LogP contribution in [0.1, 0.15) is 16.7 Å². The van der Waals surface area contributed by atoms with Gasteiger partial charge in [0.2, 0.25) is 0 Å². The molecule has 0 heterocycles. The molecule has 0 bridgehead atoms. The minimum absolute atomic E-state index is 0.473. The predicted octanol–water partition coefficient (Wildman–Crippen LogP) is 4.19. The van der Waals surface area contributed by atoms with Gasteiger partial charge in [-0.15, -0.1) is 0 Å². The fourth-order valence-electron chi connectivity index (χ4n) is 1.73. The van der Waals surface area contributed by atoms with E-state index in [0.717, 1.165) is 16.7 Å². The monoisotopic (exact) mass is 256 g/mol. The maximum atomic E-state index is 11.7. The lowest BCUT2D eigenvalue weighted by molar-refractivity contribution is 0.151. The quantitative estimate of drug-likeness (QED) is 0.597. The van der Waals surface area contributed by atoms with E-state index >= 15 is 0 Å². The molecule has 0 saturated carbocycles. The maximum Gasteiger partial charge on any atom is 0.519 e. The van der Waals surface area contributed by atoms with Crippen molar-refractivity contribution in [3.05, 3.63) is 59.2 Å². The Morgan fingerprint density at radius 2 is 1.47 bits per heavy atom. The molecule has 2 rings (SSSR count). The van der Waals surface area contributed by atoms with E-state index in [1.807, 2.05) is 45.0 Å². The molecule has 0 atom stereocenters. The lowest BCUT2D eigenvalue weighted by Gasteiger charge is -2.08. The second kappa shape index (κ2) is 5.57. The third-order valence-electron chi connectivity index (χ3n) is 2.75. The van der Waals surface area contributed by atoms with E-state index in [1.165, 1.54) is 0 Å². The Morgan fingerprint density at radius 1 is 0.842 bits per heavy atom. The van der Waals surface area contributed by atoms with Crippen LogP contribution < -0.4 is 9.47 Å². The highest BCUT2D eigenvalue weighted by Gasteiger charge is 2.09. The molecular weight excluding hydrogens is 240 g/mol. The second-order valence-electron chi connectivity index (χ2n) is 4.54. The molecule has 2 aromatic carbocycles. The average molecular weight is 256 g/mol. The normalized spacial score (nSPS) is 10.1. The topological polar surface area (TPSA) is 35.5 Å². The molecule has 0 spiro atoms. The maximum absolute atomic E-state index is 11.7. The highest BCUT2D eigenvalue weighted by atomic mass is 16.7. The van der Waals surface area contributed by atoms with Crippen LogP contribution in [0.5, 0.6) is 11.5 Å². The van der Waals surface area contributed by atoms with Crippen LogP contribution in [0, 0.1) is 20.8 Å². The van der Waals surface area contributed by atoms with E-state index < -0.39 is 6.16 Å². The lowest BCUT2D eigenvalue weighted by atomic mass is 10.1. The van der Waals surface area contributed by atoms with Crippen molar-refractivity contribution in [2.75, 3.05) is 0 Å². The van der Waals surface area contributed by atoms with Crippen LogP contribution in [0.25, 0.3) is 0 Å². The first kappa shape index (κ1) is 13.1. The average Bonchev–Trinajstić information content (AvgIpc) is 2.36. The Kier molecular flexibility index (Phi) is 3.85. The summed E-state index contributed by atoms with van der Waals surface area (Å²) in [4.78, 5) is 11.7. The number of carbonyl (C=O) groups is 1. The molecule has 98 valence electrons. The van der Waals surface area contributed by atoms with Crippen molar-refractivity contribution in [2.45, 2.75) is 20.8 Å². The van der Waals surface area contributed by atoms with Crippen molar-refractivity contribution < 1.29 is 14.3 Å².